The highest BCUT2D eigenvalue weighted by Crippen LogP contribution is 2.50. The number of nitrogens with zero attached hydrogens (tertiary/aromatic N) is 2. The Balaban J connectivity index is 1.64. The largest absolute Gasteiger partial charge is 0.453 e. The monoisotopic (exact) mass is 335 g/mol. The van der Waals surface area contributed by atoms with Crippen molar-refractivity contribution in [2.24, 2.45) is 11.8 Å². The lowest BCUT2D eigenvalue weighted by molar-refractivity contribution is 0.0323. The van der Waals surface area contributed by atoms with Gasteiger partial charge in [-0.05, 0) is 42.4 Å². The van der Waals surface area contributed by atoms with Gasteiger partial charge in [-0.3, -0.25) is 5.10 Å². The number of methoxy groups -OCH3 is 1. The number of fused-ring (bicyclic) bond motifs is 2. The maximum absolute atomic E-state index is 11.7. The summed E-state index contributed by atoms with van der Waals surface area (Å²) >= 11 is 6.20. The predicted molar refractivity (Wildman–Crippen MR) is 85.2 cm³/mol. The van der Waals surface area contributed by atoms with Crippen LogP contribution in [0.4, 0.5) is 4.79 Å². The van der Waals surface area contributed by atoms with Crippen molar-refractivity contribution in [2.75, 3.05) is 20.2 Å². The second kappa shape index (κ2) is 5.11. The van der Waals surface area contributed by atoms with Gasteiger partial charge in [0.2, 0.25) is 0 Å². The molecule has 2 fully saturated rings. The quantitative estimate of drug-likeness (QED) is 0.839. The fourth-order valence-corrected chi connectivity index (χ4v) is 4.47. The molecular weight excluding hydrogens is 318 g/mol. The number of amides is 1. The van der Waals surface area contributed by atoms with Crippen molar-refractivity contribution in [3.05, 3.63) is 28.9 Å². The zero-order valence-corrected chi connectivity index (χ0v) is 13.5. The minimum Gasteiger partial charge on any atom is -0.453 e. The van der Waals surface area contributed by atoms with Crippen LogP contribution in [0.25, 0.3) is 10.9 Å². The van der Waals surface area contributed by atoms with Gasteiger partial charge in [0.15, 0.2) is 0 Å². The van der Waals surface area contributed by atoms with E-state index in [1.807, 2.05) is 12.1 Å². The van der Waals surface area contributed by atoms with E-state index >= 15 is 0 Å². The van der Waals surface area contributed by atoms with Gasteiger partial charge in [-0.15, -0.1) is 0 Å². The Bertz CT molecular complexity index is 761. The number of ether oxygens (including phenoxy) is 1. The van der Waals surface area contributed by atoms with Crippen LogP contribution < -0.4 is 0 Å². The van der Waals surface area contributed by atoms with Crippen LogP contribution in [0, 0.1) is 11.8 Å². The van der Waals surface area contributed by atoms with Gasteiger partial charge in [0, 0.05) is 23.5 Å². The van der Waals surface area contributed by atoms with Crippen LogP contribution in [0.1, 0.15) is 18.4 Å². The molecule has 1 saturated heterocycles. The summed E-state index contributed by atoms with van der Waals surface area (Å²) in [7, 11) is 1.40. The minimum absolute atomic E-state index is 0.278. The summed E-state index contributed by atoms with van der Waals surface area (Å²) < 4.78 is 4.79. The number of aromatic nitrogens is 2. The molecule has 0 spiro atoms. The molecule has 3 atom stereocenters. The van der Waals surface area contributed by atoms with Crippen molar-refractivity contribution in [1.29, 1.82) is 0 Å². The number of benzene rings is 1. The lowest BCUT2D eigenvalue weighted by Crippen LogP contribution is -2.32. The number of H-pyrrole nitrogens is 1. The van der Waals surface area contributed by atoms with Gasteiger partial charge in [-0.25, -0.2) is 4.79 Å². The van der Waals surface area contributed by atoms with Crippen LogP contribution in [0.5, 0.6) is 0 Å². The molecule has 2 aromatic rings. The van der Waals surface area contributed by atoms with E-state index in [0.29, 0.717) is 31.0 Å². The van der Waals surface area contributed by atoms with Crippen molar-refractivity contribution >= 4 is 28.6 Å². The molecule has 1 aliphatic heterocycles. The summed E-state index contributed by atoms with van der Waals surface area (Å²) in [6, 6.07) is 3.64. The molecule has 1 aliphatic carbocycles. The standard InChI is InChI=1S/C16H18ClN3O3/c1-23-15(21)20-7-9-4-16(22,5-10(9)8-20)13-2-11(17)3-14-12(13)6-18-19-14/h2-3,6,9-10,22H,4-5,7-8H2,1H3,(H,18,19)/t9-,10+,16?. The number of aliphatic hydroxyl groups is 1. The summed E-state index contributed by atoms with van der Waals surface area (Å²) in [5.74, 6) is 0.556. The van der Waals surface area contributed by atoms with Crippen LogP contribution in [-0.2, 0) is 10.3 Å². The minimum atomic E-state index is -0.926. The molecule has 1 unspecified atom stereocenters. The Hall–Kier alpha value is -1.79. The predicted octanol–water partition coefficient (Wildman–Crippen LogP) is 2.51. The molecule has 0 radical (unpaired) electrons. The highest BCUT2D eigenvalue weighted by atomic mass is 35.5. The first-order valence-corrected chi connectivity index (χ1v) is 8.06. The van der Waals surface area contributed by atoms with Crippen LogP contribution in [0.2, 0.25) is 5.02 Å². The number of aromatic amines is 1. The van der Waals surface area contributed by atoms with Gasteiger partial charge >= 0.3 is 6.09 Å². The number of hydrogen-bond acceptors (Lipinski definition) is 4. The summed E-state index contributed by atoms with van der Waals surface area (Å²) in [5, 5.41) is 19.7. The number of halogens is 1. The summed E-state index contributed by atoms with van der Waals surface area (Å²) in [6.45, 7) is 1.27. The van der Waals surface area contributed by atoms with Gasteiger partial charge in [-0.2, -0.15) is 5.10 Å². The molecule has 2 aliphatic rings. The van der Waals surface area contributed by atoms with E-state index in [0.717, 1.165) is 16.5 Å². The first kappa shape index (κ1) is 14.8. The fraction of sp³-hybridized carbons (Fsp3) is 0.500. The van der Waals surface area contributed by atoms with Crippen molar-refractivity contribution in [3.63, 3.8) is 0 Å². The van der Waals surface area contributed by atoms with Crippen LogP contribution >= 0.6 is 11.6 Å². The topological polar surface area (TPSA) is 78.5 Å². The summed E-state index contributed by atoms with van der Waals surface area (Å²) in [5.41, 5.74) is 0.729. The molecule has 1 aromatic heterocycles. The smallest absolute Gasteiger partial charge is 0.409 e. The van der Waals surface area contributed by atoms with E-state index in [-0.39, 0.29) is 17.9 Å². The zero-order valence-electron chi connectivity index (χ0n) is 12.8. The number of carbonyl (C=O) groups excluding carboxylic acids is 1. The molecule has 1 amide bonds. The molecule has 2 heterocycles. The van der Waals surface area contributed by atoms with Crippen molar-refractivity contribution in [3.8, 4) is 0 Å². The van der Waals surface area contributed by atoms with Gasteiger partial charge in [0.25, 0.3) is 0 Å². The average Bonchev–Trinajstić information content (AvgIpc) is 3.18. The molecule has 6 nitrogen and oxygen atoms in total. The molecule has 23 heavy (non-hydrogen) atoms. The summed E-state index contributed by atoms with van der Waals surface area (Å²) in [6.07, 6.45) is 2.67. The molecule has 1 saturated carbocycles. The Kier molecular flexibility index (Phi) is 3.28. The molecule has 122 valence electrons. The summed E-state index contributed by atoms with van der Waals surface area (Å²) in [4.78, 5) is 13.4. The van der Waals surface area contributed by atoms with Gasteiger partial charge in [-0.1, -0.05) is 11.6 Å². The zero-order chi connectivity index (χ0) is 16.2. The first-order chi connectivity index (χ1) is 11.0. The van der Waals surface area contributed by atoms with E-state index < -0.39 is 5.60 Å². The Morgan fingerprint density at radius 1 is 1.43 bits per heavy atom. The maximum Gasteiger partial charge on any atom is 0.409 e. The second-order valence-electron chi connectivity index (χ2n) is 6.62. The van der Waals surface area contributed by atoms with Crippen molar-refractivity contribution in [2.45, 2.75) is 18.4 Å². The third-order valence-electron chi connectivity index (χ3n) is 5.23. The van der Waals surface area contributed by atoms with E-state index in [1.54, 1.807) is 11.1 Å². The SMILES string of the molecule is COC(=O)N1C[C@@H]2CC(O)(c3cc(Cl)cc4[nH]ncc34)C[C@@H]2C1. The molecule has 7 heteroatoms. The average molecular weight is 336 g/mol. The van der Waals surface area contributed by atoms with Crippen molar-refractivity contribution in [1.82, 2.24) is 15.1 Å². The third-order valence-corrected chi connectivity index (χ3v) is 5.45. The highest BCUT2D eigenvalue weighted by molar-refractivity contribution is 6.31. The molecule has 0 bridgehead atoms. The lowest BCUT2D eigenvalue weighted by Gasteiger charge is -2.27. The normalized spacial score (nSPS) is 30.0. The van der Waals surface area contributed by atoms with Crippen LogP contribution in [0.15, 0.2) is 18.3 Å². The Labute approximate surface area is 138 Å². The van der Waals surface area contributed by atoms with Gasteiger partial charge in [0.05, 0.1) is 24.4 Å². The molecular formula is C16H18ClN3O3. The van der Waals surface area contributed by atoms with E-state index in [9.17, 15) is 9.90 Å². The molecule has 1 aromatic carbocycles. The van der Waals surface area contributed by atoms with Crippen LogP contribution in [-0.4, -0.2) is 46.5 Å². The number of rotatable bonds is 1. The van der Waals surface area contributed by atoms with E-state index in [1.165, 1.54) is 7.11 Å². The maximum atomic E-state index is 11.7. The number of carbonyl (C=O) groups is 1. The Morgan fingerprint density at radius 2 is 2.13 bits per heavy atom. The van der Waals surface area contributed by atoms with Gasteiger partial charge in [0.1, 0.15) is 0 Å². The number of nitrogens with one attached hydrogen (secondary N) is 1. The molecule has 2 N–H and O–H groups in total. The lowest BCUT2D eigenvalue weighted by atomic mass is 9.88. The number of hydrogen-bond donors (Lipinski definition) is 2. The Morgan fingerprint density at radius 3 is 2.78 bits per heavy atom. The van der Waals surface area contributed by atoms with E-state index in [4.69, 9.17) is 16.3 Å². The van der Waals surface area contributed by atoms with Gasteiger partial charge < -0.3 is 14.7 Å². The third kappa shape index (κ3) is 2.28. The molecule has 4 rings (SSSR count). The first-order valence-electron chi connectivity index (χ1n) is 7.68. The second-order valence-corrected chi connectivity index (χ2v) is 7.06. The van der Waals surface area contributed by atoms with Crippen molar-refractivity contribution < 1.29 is 14.6 Å². The highest BCUT2D eigenvalue weighted by Gasteiger charge is 2.50. The van der Waals surface area contributed by atoms with Crippen LogP contribution in [0.3, 0.4) is 0 Å². The van der Waals surface area contributed by atoms with E-state index in [2.05, 4.69) is 10.2 Å². The number of likely N-dealkylation sites (tertiary alicyclic amines) is 1. The fourth-order valence-electron chi connectivity index (χ4n) is 4.25.